The molecule has 0 aliphatic heterocycles. The standard InChI is InChI=1S/C28H31NO4/c1-6-33-27(31)26-24(18-9-13-21(32-5)14-10-18)25-22(29-26)15-19(16-23(25)30)17-7-11-20(12-8-17)28(2,3)4/h7-14,19,29H,6,15-16H2,1-5H3/t19-/m0/s1. The van der Waals surface area contributed by atoms with Crippen LogP contribution in [0.2, 0.25) is 0 Å². The van der Waals surface area contributed by atoms with Crippen LogP contribution < -0.4 is 4.74 Å². The van der Waals surface area contributed by atoms with Gasteiger partial charge in [0.1, 0.15) is 11.4 Å². The number of methoxy groups -OCH3 is 1. The molecule has 0 fully saturated rings. The summed E-state index contributed by atoms with van der Waals surface area (Å²) in [7, 11) is 1.61. The van der Waals surface area contributed by atoms with Crippen LogP contribution in [0.15, 0.2) is 48.5 Å². The van der Waals surface area contributed by atoms with Gasteiger partial charge in [0.15, 0.2) is 5.78 Å². The second kappa shape index (κ2) is 8.89. The van der Waals surface area contributed by atoms with Crippen molar-refractivity contribution in [1.82, 2.24) is 4.98 Å². The van der Waals surface area contributed by atoms with Crippen molar-refractivity contribution >= 4 is 11.8 Å². The van der Waals surface area contributed by atoms with E-state index in [9.17, 15) is 9.59 Å². The van der Waals surface area contributed by atoms with E-state index in [2.05, 4.69) is 50.0 Å². The number of benzene rings is 2. The van der Waals surface area contributed by atoms with E-state index < -0.39 is 5.97 Å². The van der Waals surface area contributed by atoms with Crippen molar-refractivity contribution in [2.75, 3.05) is 13.7 Å². The van der Waals surface area contributed by atoms with Gasteiger partial charge in [-0.05, 0) is 53.5 Å². The summed E-state index contributed by atoms with van der Waals surface area (Å²) >= 11 is 0. The summed E-state index contributed by atoms with van der Waals surface area (Å²) in [4.78, 5) is 29.4. The molecule has 1 atom stereocenters. The van der Waals surface area contributed by atoms with Gasteiger partial charge >= 0.3 is 5.97 Å². The van der Waals surface area contributed by atoms with Gasteiger partial charge in [-0.25, -0.2) is 4.79 Å². The van der Waals surface area contributed by atoms with E-state index in [0.29, 0.717) is 35.4 Å². The van der Waals surface area contributed by atoms with Crippen LogP contribution in [0.5, 0.6) is 5.75 Å². The monoisotopic (exact) mass is 445 g/mol. The molecule has 33 heavy (non-hydrogen) atoms. The predicted molar refractivity (Wildman–Crippen MR) is 129 cm³/mol. The number of ketones is 1. The molecule has 0 saturated carbocycles. The van der Waals surface area contributed by atoms with Crippen LogP contribution in [-0.4, -0.2) is 30.5 Å². The Hall–Kier alpha value is -3.34. The second-order valence-corrected chi connectivity index (χ2v) is 9.58. The van der Waals surface area contributed by atoms with Gasteiger partial charge in [0.05, 0.1) is 13.7 Å². The van der Waals surface area contributed by atoms with Gasteiger partial charge in [-0.1, -0.05) is 57.2 Å². The average molecular weight is 446 g/mol. The van der Waals surface area contributed by atoms with Crippen LogP contribution in [0.3, 0.4) is 0 Å². The van der Waals surface area contributed by atoms with Gasteiger partial charge < -0.3 is 14.5 Å². The highest BCUT2D eigenvalue weighted by atomic mass is 16.5. The Kier molecular flexibility index (Phi) is 6.15. The Bertz CT molecular complexity index is 1160. The number of ether oxygens (including phenoxy) is 2. The predicted octanol–water partition coefficient (Wildman–Crippen LogP) is 6.08. The third kappa shape index (κ3) is 4.45. The zero-order chi connectivity index (χ0) is 23.8. The third-order valence-corrected chi connectivity index (χ3v) is 6.35. The maximum Gasteiger partial charge on any atom is 0.355 e. The van der Waals surface area contributed by atoms with E-state index in [1.165, 1.54) is 5.56 Å². The zero-order valence-electron chi connectivity index (χ0n) is 20.0. The fraction of sp³-hybridized carbons (Fsp3) is 0.357. The van der Waals surface area contributed by atoms with Crippen molar-refractivity contribution in [1.29, 1.82) is 0 Å². The Labute approximate surface area is 195 Å². The number of carbonyl (C=O) groups excluding carboxylic acids is 2. The van der Waals surface area contributed by atoms with E-state index in [4.69, 9.17) is 9.47 Å². The number of nitrogens with one attached hydrogen (secondary N) is 1. The number of carbonyl (C=O) groups is 2. The van der Waals surface area contributed by atoms with Gasteiger partial charge in [-0.15, -0.1) is 0 Å². The van der Waals surface area contributed by atoms with Crippen molar-refractivity contribution in [3.8, 4) is 16.9 Å². The van der Waals surface area contributed by atoms with Crippen LogP contribution in [-0.2, 0) is 16.6 Å². The SMILES string of the molecule is CCOC(=O)c1[nH]c2c(c1-c1ccc(OC)cc1)C(=O)C[C@@H](c1ccc(C(C)(C)C)cc1)C2. The number of aromatic amines is 1. The van der Waals surface area contributed by atoms with Crippen molar-refractivity contribution in [2.24, 2.45) is 0 Å². The molecule has 5 heteroatoms. The number of aromatic nitrogens is 1. The van der Waals surface area contributed by atoms with Crippen molar-refractivity contribution in [2.45, 2.75) is 51.9 Å². The lowest BCUT2D eigenvalue weighted by Gasteiger charge is -2.24. The number of Topliss-reactive ketones (excluding diaryl/α,β-unsaturated/α-hetero) is 1. The normalized spacial score (nSPS) is 15.8. The van der Waals surface area contributed by atoms with Gasteiger partial charge in [0.2, 0.25) is 0 Å². The Balaban J connectivity index is 1.74. The lowest BCUT2D eigenvalue weighted by molar-refractivity contribution is 0.0521. The number of esters is 1. The number of hydrogen-bond donors (Lipinski definition) is 1. The van der Waals surface area contributed by atoms with Gasteiger partial charge in [0.25, 0.3) is 0 Å². The molecule has 0 unspecified atom stereocenters. The molecular formula is C28H31NO4. The number of rotatable bonds is 5. The first-order valence-corrected chi connectivity index (χ1v) is 11.4. The molecule has 1 aliphatic carbocycles. The average Bonchev–Trinajstić information content (AvgIpc) is 3.19. The lowest BCUT2D eigenvalue weighted by atomic mass is 9.79. The molecule has 172 valence electrons. The second-order valence-electron chi connectivity index (χ2n) is 9.58. The maximum absolute atomic E-state index is 13.4. The molecular weight excluding hydrogens is 414 g/mol. The van der Waals surface area contributed by atoms with E-state index in [-0.39, 0.29) is 23.7 Å². The van der Waals surface area contributed by atoms with Crippen molar-refractivity contribution in [3.63, 3.8) is 0 Å². The van der Waals surface area contributed by atoms with E-state index in [0.717, 1.165) is 16.8 Å². The van der Waals surface area contributed by atoms with Crippen molar-refractivity contribution in [3.05, 3.63) is 76.6 Å². The van der Waals surface area contributed by atoms with Crippen LogP contribution in [0.1, 0.15) is 77.7 Å². The smallest absolute Gasteiger partial charge is 0.355 e. The molecule has 0 amide bonds. The minimum absolute atomic E-state index is 0.0405. The van der Waals surface area contributed by atoms with Crippen LogP contribution in [0.4, 0.5) is 0 Å². The summed E-state index contributed by atoms with van der Waals surface area (Å²) in [5.74, 6) is 0.373. The highest BCUT2D eigenvalue weighted by Crippen LogP contribution is 2.40. The summed E-state index contributed by atoms with van der Waals surface area (Å²) in [6.07, 6.45) is 1.07. The topological polar surface area (TPSA) is 68.4 Å². The van der Waals surface area contributed by atoms with E-state index in [1.54, 1.807) is 14.0 Å². The minimum Gasteiger partial charge on any atom is -0.497 e. The molecule has 0 radical (unpaired) electrons. The van der Waals surface area contributed by atoms with E-state index in [1.807, 2.05) is 24.3 Å². The van der Waals surface area contributed by atoms with E-state index >= 15 is 0 Å². The lowest BCUT2D eigenvalue weighted by Crippen LogP contribution is -2.19. The highest BCUT2D eigenvalue weighted by molar-refractivity contribution is 6.10. The molecule has 4 rings (SSSR count). The summed E-state index contributed by atoms with van der Waals surface area (Å²) in [6.45, 7) is 8.61. The first-order valence-electron chi connectivity index (χ1n) is 11.4. The molecule has 0 saturated heterocycles. The van der Waals surface area contributed by atoms with Crippen LogP contribution in [0, 0.1) is 0 Å². The fourth-order valence-electron chi connectivity index (χ4n) is 4.55. The highest BCUT2D eigenvalue weighted by Gasteiger charge is 2.34. The molecule has 0 bridgehead atoms. The quantitative estimate of drug-likeness (QED) is 0.484. The minimum atomic E-state index is -0.448. The summed E-state index contributed by atoms with van der Waals surface area (Å²) in [5.41, 5.74) is 5.63. The van der Waals surface area contributed by atoms with Crippen LogP contribution in [0.25, 0.3) is 11.1 Å². The molecule has 0 spiro atoms. The van der Waals surface area contributed by atoms with Crippen molar-refractivity contribution < 1.29 is 19.1 Å². The van der Waals surface area contributed by atoms with Crippen LogP contribution >= 0.6 is 0 Å². The largest absolute Gasteiger partial charge is 0.497 e. The first kappa shape index (κ1) is 22.8. The third-order valence-electron chi connectivity index (χ3n) is 6.35. The van der Waals surface area contributed by atoms with Gasteiger partial charge in [0, 0.05) is 23.2 Å². The summed E-state index contributed by atoms with van der Waals surface area (Å²) in [6, 6.07) is 16.0. The molecule has 1 heterocycles. The molecule has 1 N–H and O–H groups in total. The van der Waals surface area contributed by atoms with Gasteiger partial charge in [-0.2, -0.15) is 0 Å². The molecule has 2 aromatic carbocycles. The Morgan fingerprint density at radius 1 is 1.00 bits per heavy atom. The maximum atomic E-state index is 13.4. The van der Waals surface area contributed by atoms with Gasteiger partial charge in [-0.3, -0.25) is 4.79 Å². The Morgan fingerprint density at radius 2 is 1.67 bits per heavy atom. The first-order chi connectivity index (χ1) is 15.7. The zero-order valence-corrected chi connectivity index (χ0v) is 20.0. The number of fused-ring (bicyclic) bond motifs is 1. The molecule has 3 aromatic rings. The molecule has 1 aromatic heterocycles. The summed E-state index contributed by atoms with van der Waals surface area (Å²) in [5, 5.41) is 0. The number of hydrogen-bond acceptors (Lipinski definition) is 4. The fourth-order valence-corrected chi connectivity index (χ4v) is 4.55. The molecule has 1 aliphatic rings. The molecule has 5 nitrogen and oxygen atoms in total. The summed E-state index contributed by atoms with van der Waals surface area (Å²) < 4.78 is 10.6. The number of H-pyrrole nitrogens is 1. The Morgan fingerprint density at radius 3 is 2.24 bits per heavy atom.